The van der Waals surface area contributed by atoms with Gasteiger partial charge in [-0.1, -0.05) is 52.4 Å². The molecule has 0 aromatic heterocycles. The molecule has 40 heavy (non-hydrogen) atoms. The van der Waals surface area contributed by atoms with Crippen molar-refractivity contribution < 1.29 is 17.6 Å². The molecule has 0 heterocycles. The number of hydrogen-bond donors (Lipinski definition) is 0. The fourth-order valence-corrected chi connectivity index (χ4v) is 6.53. The van der Waals surface area contributed by atoms with Crippen molar-refractivity contribution in [1.29, 1.82) is 10.5 Å². The van der Waals surface area contributed by atoms with Gasteiger partial charge in [0.2, 0.25) is 0 Å². The molecule has 2 aliphatic rings. The molecule has 2 saturated carbocycles. The Morgan fingerprint density at radius 1 is 0.575 bits per heavy atom. The molecule has 2 nitrogen and oxygen atoms in total. The molecule has 2 aliphatic carbocycles. The second kappa shape index (κ2) is 15.8. The maximum Gasteiger partial charge on any atom is 0.144 e. The van der Waals surface area contributed by atoms with Gasteiger partial charge in [-0.05, 0) is 110 Å². The summed E-state index contributed by atoms with van der Waals surface area (Å²) in [6.45, 7) is 4.41. The highest BCUT2D eigenvalue weighted by Gasteiger charge is 2.25. The van der Waals surface area contributed by atoms with Crippen LogP contribution >= 0.6 is 0 Å². The van der Waals surface area contributed by atoms with E-state index < -0.39 is 34.4 Å². The molecular weight excluding hydrogens is 512 g/mol. The molecular formula is C34H42F4N2. The van der Waals surface area contributed by atoms with Crippen LogP contribution in [0.5, 0.6) is 0 Å². The van der Waals surface area contributed by atoms with Crippen molar-refractivity contribution in [3.05, 3.63) is 69.8 Å². The molecule has 2 fully saturated rings. The van der Waals surface area contributed by atoms with Crippen molar-refractivity contribution in [3.63, 3.8) is 0 Å². The topological polar surface area (TPSA) is 47.6 Å². The lowest BCUT2D eigenvalue weighted by atomic mass is 9.77. The van der Waals surface area contributed by atoms with E-state index >= 15 is 0 Å². The monoisotopic (exact) mass is 554 g/mol. The molecule has 2 aromatic rings. The minimum atomic E-state index is -0.729. The smallest absolute Gasteiger partial charge is 0.144 e. The summed E-state index contributed by atoms with van der Waals surface area (Å²) in [5, 5.41) is 17.4. The first-order valence-corrected chi connectivity index (χ1v) is 15.1. The highest BCUT2D eigenvalue weighted by atomic mass is 19.1. The third-order valence-corrected chi connectivity index (χ3v) is 8.90. The summed E-state index contributed by atoms with van der Waals surface area (Å²) in [5.41, 5.74) is 0.496. The van der Waals surface area contributed by atoms with Gasteiger partial charge in [-0.2, -0.15) is 10.5 Å². The van der Waals surface area contributed by atoms with Crippen LogP contribution in [0.1, 0.15) is 138 Å². The quantitative estimate of drug-likeness (QED) is 0.241. The van der Waals surface area contributed by atoms with E-state index in [0.29, 0.717) is 5.56 Å². The van der Waals surface area contributed by atoms with E-state index in [-0.39, 0.29) is 11.8 Å². The van der Waals surface area contributed by atoms with Gasteiger partial charge < -0.3 is 0 Å². The minimum Gasteiger partial charge on any atom is -0.205 e. The van der Waals surface area contributed by atoms with Gasteiger partial charge in [0, 0.05) is 0 Å². The van der Waals surface area contributed by atoms with E-state index in [2.05, 4.69) is 13.8 Å². The zero-order valence-electron chi connectivity index (χ0n) is 23.9. The number of nitriles is 2. The molecule has 0 spiro atoms. The highest BCUT2D eigenvalue weighted by Crippen LogP contribution is 2.39. The lowest BCUT2D eigenvalue weighted by molar-refractivity contribution is 0.302. The van der Waals surface area contributed by atoms with Gasteiger partial charge in [0.1, 0.15) is 46.5 Å². The molecule has 0 bridgehead atoms. The van der Waals surface area contributed by atoms with Gasteiger partial charge >= 0.3 is 0 Å². The first-order valence-electron chi connectivity index (χ1n) is 15.1. The Hall–Kier alpha value is -2.86. The Labute approximate surface area is 237 Å². The molecule has 0 atom stereocenters. The molecule has 0 N–H and O–H groups in total. The second-order valence-electron chi connectivity index (χ2n) is 11.7. The molecule has 0 unspecified atom stereocenters. The number of halogens is 4. The Morgan fingerprint density at radius 2 is 0.950 bits per heavy atom. The van der Waals surface area contributed by atoms with E-state index in [1.54, 1.807) is 12.1 Å². The molecule has 0 amide bonds. The summed E-state index contributed by atoms with van der Waals surface area (Å²) in [5.74, 6) is -0.874. The van der Waals surface area contributed by atoms with Gasteiger partial charge in [0.25, 0.3) is 0 Å². The summed E-state index contributed by atoms with van der Waals surface area (Å²) < 4.78 is 54.6. The molecule has 6 heteroatoms. The lowest BCUT2D eigenvalue weighted by Gasteiger charge is -2.29. The number of unbranched alkanes of at least 4 members (excludes halogenated alkanes) is 2. The Bertz CT molecular complexity index is 1130. The molecule has 4 rings (SSSR count). The zero-order valence-corrected chi connectivity index (χ0v) is 23.9. The van der Waals surface area contributed by atoms with E-state index in [1.807, 2.05) is 0 Å². The normalized spacial score (nSPS) is 22.5. The summed E-state index contributed by atoms with van der Waals surface area (Å²) in [7, 11) is 0. The summed E-state index contributed by atoms with van der Waals surface area (Å²) in [6, 6.07) is 8.53. The maximum absolute atomic E-state index is 13.7. The van der Waals surface area contributed by atoms with Gasteiger partial charge in [-0.15, -0.1) is 0 Å². The Balaban J connectivity index is 0.000000222. The van der Waals surface area contributed by atoms with Crippen molar-refractivity contribution in [2.24, 2.45) is 11.8 Å². The molecule has 2 aromatic carbocycles. The third kappa shape index (κ3) is 8.57. The van der Waals surface area contributed by atoms with Crippen LogP contribution in [0.3, 0.4) is 0 Å². The number of nitrogens with zero attached hydrogens (tertiary/aromatic N) is 2. The summed E-state index contributed by atoms with van der Waals surface area (Å²) >= 11 is 0. The fraction of sp³-hybridized carbons (Fsp3) is 0.588. The summed E-state index contributed by atoms with van der Waals surface area (Å²) in [6.07, 6.45) is 16.2. The lowest BCUT2D eigenvalue weighted by Crippen LogP contribution is -2.14. The summed E-state index contributed by atoms with van der Waals surface area (Å²) in [4.78, 5) is 0. The average molecular weight is 555 g/mol. The molecule has 0 radical (unpaired) electrons. The van der Waals surface area contributed by atoms with Crippen LogP contribution in [0.2, 0.25) is 0 Å². The van der Waals surface area contributed by atoms with Gasteiger partial charge in [-0.25, -0.2) is 17.6 Å². The predicted molar refractivity (Wildman–Crippen MR) is 151 cm³/mol. The zero-order chi connectivity index (χ0) is 29.1. The highest BCUT2D eigenvalue weighted by molar-refractivity contribution is 5.37. The van der Waals surface area contributed by atoms with Crippen molar-refractivity contribution >= 4 is 0 Å². The number of benzene rings is 2. The van der Waals surface area contributed by atoms with E-state index in [0.717, 1.165) is 68.8 Å². The largest absolute Gasteiger partial charge is 0.205 e. The first kappa shape index (κ1) is 31.7. The van der Waals surface area contributed by atoms with Gasteiger partial charge in [0.05, 0.1) is 0 Å². The van der Waals surface area contributed by atoms with Crippen LogP contribution in [-0.2, 0) is 0 Å². The average Bonchev–Trinajstić information content (AvgIpc) is 2.94. The molecule has 0 aliphatic heterocycles. The van der Waals surface area contributed by atoms with Gasteiger partial charge in [-0.3, -0.25) is 0 Å². The fourth-order valence-electron chi connectivity index (χ4n) is 6.53. The number of hydrogen-bond acceptors (Lipinski definition) is 2. The minimum absolute atomic E-state index is 0.240. The van der Waals surface area contributed by atoms with Crippen LogP contribution < -0.4 is 0 Å². The third-order valence-electron chi connectivity index (χ3n) is 8.90. The Morgan fingerprint density at radius 3 is 1.27 bits per heavy atom. The van der Waals surface area contributed by atoms with Crippen molar-refractivity contribution in [2.75, 3.05) is 0 Å². The van der Waals surface area contributed by atoms with Crippen LogP contribution in [0, 0.1) is 57.8 Å². The van der Waals surface area contributed by atoms with Crippen molar-refractivity contribution in [2.45, 2.75) is 116 Å². The van der Waals surface area contributed by atoms with Crippen LogP contribution in [0.15, 0.2) is 24.3 Å². The van der Waals surface area contributed by atoms with E-state index in [9.17, 15) is 17.6 Å². The van der Waals surface area contributed by atoms with Crippen LogP contribution in [-0.4, -0.2) is 0 Å². The standard InChI is InChI=1S/C18H23F2N.C16H19F2N/c1-2-3-4-5-13-6-8-14(9-7-13)15-10-17(19)16(12-21)18(20)11-15;1-2-3-11-4-6-12(7-5-11)13-8-15(17)14(10-19)16(18)9-13/h10-11,13-14H,2-9H2,1H3;8-9,11-12H,2-7H2,1H3. The van der Waals surface area contributed by atoms with E-state index in [4.69, 9.17) is 10.5 Å². The molecule has 216 valence electrons. The maximum atomic E-state index is 13.7. The predicted octanol–water partition coefficient (Wildman–Crippen LogP) is 10.6. The SMILES string of the molecule is CCCC1CCC(c2cc(F)c(C#N)c(F)c2)CC1.CCCCCC1CCC(c2cc(F)c(C#N)c(F)c2)CC1. The van der Waals surface area contributed by atoms with E-state index in [1.165, 1.54) is 62.8 Å². The number of rotatable bonds is 8. The van der Waals surface area contributed by atoms with Crippen LogP contribution in [0.4, 0.5) is 17.6 Å². The molecule has 0 saturated heterocycles. The van der Waals surface area contributed by atoms with Crippen molar-refractivity contribution in [1.82, 2.24) is 0 Å². The Kier molecular flexibility index (Phi) is 12.5. The van der Waals surface area contributed by atoms with Crippen molar-refractivity contribution in [3.8, 4) is 12.1 Å². The first-order chi connectivity index (χ1) is 19.3. The second-order valence-corrected chi connectivity index (χ2v) is 11.7. The van der Waals surface area contributed by atoms with Gasteiger partial charge in [0.15, 0.2) is 0 Å². The van der Waals surface area contributed by atoms with Crippen LogP contribution in [0.25, 0.3) is 0 Å².